The molecule has 94 valence electrons. The molecule has 0 fully saturated rings. The highest BCUT2D eigenvalue weighted by Crippen LogP contribution is 2.42. The van der Waals surface area contributed by atoms with Crippen molar-refractivity contribution >= 4 is 19.3 Å². The lowest BCUT2D eigenvalue weighted by molar-refractivity contribution is -0.142. The highest BCUT2D eigenvalue weighted by Gasteiger charge is 2.27. The highest BCUT2D eigenvalue weighted by molar-refractivity contribution is 7.58. The van der Waals surface area contributed by atoms with Gasteiger partial charge in [0.2, 0.25) is 7.37 Å². The van der Waals surface area contributed by atoms with Crippen LogP contribution >= 0.6 is 7.37 Å². The van der Waals surface area contributed by atoms with Crippen LogP contribution in [-0.4, -0.2) is 39.4 Å². The molecule has 0 saturated heterocycles. The maximum absolute atomic E-state index is 11.4. The first-order valence-corrected chi connectivity index (χ1v) is 7.07. The largest absolute Gasteiger partial charge is 0.481 e. The summed E-state index contributed by atoms with van der Waals surface area (Å²) in [5, 5.41) is 17.2. The summed E-state index contributed by atoms with van der Waals surface area (Å²) in [4.78, 5) is 30.4. The molecule has 0 heterocycles. The molecule has 2 atom stereocenters. The maximum atomic E-state index is 11.4. The van der Waals surface area contributed by atoms with Crippen LogP contribution in [0.1, 0.15) is 26.2 Å². The molecular weight excluding hydrogens is 235 g/mol. The van der Waals surface area contributed by atoms with E-state index in [4.69, 9.17) is 10.2 Å². The van der Waals surface area contributed by atoms with Crippen molar-refractivity contribution in [2.75, 3.05) is 12.3 Å². The molecule has 6 nitrogen and oxygen atoms in total. The molecule has 0 aliphatic rings. The van der Waals surface area contributed by atoms with E-state index in [-0.39, 0.29) is 31.6 Å². The average Bonchev–Trinajstić information content (AvgIpc) is 2.15. The van der Waals surface area contributed by atoms with Gasteiger partial charge in [0, 0.05) is 18.7 Å². The first kappa shape index (κ1) is 15.1. The van der Waals surface area contributed by atoms with Gasteiger partial charge in [0.05, 0.1) is 5.92 Å². The topological polar surface area (TPSA) is 112 Å². The Labute approximate surface area is 93.7 Å². The van der Waals surface area contributed by atoms with Gasteiger partial charge < -0.3 is 15.1 Å². The minimum absolute atomic E-state index is 0.0374. The van der Waals surface area contributed by atoms with Gasteiger partial charge in [-0.2, -0.15) is 0 Å². The van der Waals surface area contributed by atoms with E-state index in [0.29, 0.717) is 0 Å². The zero-order chi connectivity index (χ0) is 12.8. The summed E-state index contributed by atoms with van der Waals surface area (Å²) in [6.45, 7) is 1.52. The van der Waals surface area contributed by atoms with Crippen LogP contribution < -0.4 is 0 Å². The minimum Gasteiger partial charge on any atom is -0.481 e. The summed E-state index contributed by atoms with van der Waals surface area (Å²) >= 11 is 0. The number of rotatable bonds is 8. The Morgan fingerprint density at radius 2 is 1.88 bits per heavy atom. The molecule has 0 rings (SSSR count). The van der Waals surface area contributed by atoms with Crippen LogP contribution in [0.2, 0.25) is 0 Å². The summed E-state index contributed by atoms with van der Waals surface area (Å²) in [5.74, 6) is -3.07. The Bertz CT molecular complexity index is 300. The summed E-state index contributed by atoms with van der Waals surface area (Å²) in [5.41, 5.74) is 0. The van der Waals surface area contributed by atoms with Crippen molar-refractivity contribution in [3.05, 3.63) is 0 Å². The second kappa shape index (κ2) is 6.66. The monoisotopic (exact) mass is 252 g/mol. The van der Waals surface area contributed by atoms with Gasteiger partial charge in [-0.05, 0) is 12.8 Å². The van der Waals surface area contributed by atoms with Gasteiger partial charge in [-0.1, -0.05) is 6.92 Å². The Balaban J connectivity index is 4.24. The van der Waals surface area contributed by atoms with Crippen LogP contribution in [0, 0.1) is 5.92 Å². The Morgan fingerprint density at radius 3 is 2.25 bits per heavy atom. The van der Waals surface area contributed by atoms with Crippen molar-refractivity contribution in [2.24, 2.45) is 5.92 Å². The van der Waals surface area contributed by atoms with E-state index < -0.39 is 25.2 Å². The average molecular weight is 252 g/mol. The predicted molar refractivity (Wildman–Crippen MR) is 57.8 cm³/mol. The molecular formula is C9H17O6P. The minimum atomic E-state index is -3.38. The third-order valence-corrected chi connectivity index (χ3v) is 4.29. The van der Waals surface area contributed by atoms with Crippen molar-refractivity contribution in [3.8, 4) is 0 Å². The standard InChI is InChI=1S/C9H17O6P/c1-2-16(14,15)6-7(9(12)13)4-3-5-8(10)11/h7H,2-6H2,1H3,(H,10,11)(H,12,13)(H,14,15). The third kappa shape index (κ3) is 6.58. The van der Waals surface area contributed by atoms with Gasteiger partial charge in [0.15, 0.2) is 0 Å². The molecule has 0 saturated carbocycles. The Morgan fingerprint density at radius 1 is 1.31 bits per heavy atom. The zero-order valence-corrected chi connectivity index (χ0v) is 10.0. The van der Waals surface area contributed by atoms with E-state index in [1.54, 1.807) is 0 Å². The van der Waals surface area contributed by atoms with E-state index in [1.807, 2.05) is 0 Å². The molecule has 0 spiro atoms. The first-order chi connectivity index (χ1) is 7.28. The van der Waals surface area contributed by atoms with Crippen molar-refractivity contribution in [2.45, 2.75) is 26.2 Å². The number of carboxylic acids is 2. The van der Waals surface area contributed by atoms with Gasteiger partial charge in [0.1, 0.15) is 0 Å². The second-order valence-corrected chi connectivity index (χ2v) is 6.36. The van der Waals surface area contributed by atoms with Crippen LogP contribution in [0.15, 0.2) is 0 Å². The number of hydrogen-bond donors (Lipinski definition) is 3. The lowest BCUT2D eigenvalue weighted by atomic mass is 10.0. The number of aliphatic carboxylic acids is 2. The molecule has 0 radical (unpaired) electrons. The molecule has 0 aromatic heterocycles. The first-order valence-electron chi connectivity index (χ1n) is 5.04. The lowest BCUT2D eigenvalue weighted by Gasteiger charge is -2.15. The molecule has 16 heavy (non-hydrogen) atoms. The molecule has 0 aromatic rings. The fourth-order valence-corrected chi connectivity index (χ4v) is 2.55. The van der Waals surface area contributed by atoms with Crippen LogP contribution in [0.25, 0.3) is 0 Å². The molecule has 3 N–H and O–H groups in total. The van der Waals surface area contributed by atoms with E-state index in [9.17, 15) is 19.0 Å². The van der Waals surface area contributed by atoms with Gasteiger partial charge in [-0.3, -0.25) is 14.2 Å². The molecule has 0 bridgehead atoms. The summed E-state index contributed by atoms with van der Waals surface area (Å²) in [7, 11) is -3.38. The van der Waals surface area contributed by atoms with Crippen molar-refractivity contribution < 1.29 is 29.3 Å². The van der Waals surface area contributed by atoms with E-state index in [0.717, 1.165) is 0 Å². The molecule has 7 heteroatoms. The van der Waals surface area contributed by atoms with Crippen LogP contribution in [-0.2, 0) is 14.2 Å². The zero-order valence-electron chi connectivity index (χ0n) is 9.13. The Kier molecular flexibility index (Phi) is 6.29. The molecule has 2 unspecified atom stereocenters. The van der Waals surface area contributed by atoms with Crippen LogP contribution in [0.4, 0.5) is 0 Å². The number of carbonyl (C=O) groups is 2. The number of hydrogen-bond acceptors (Lipinski definition) is 3. The van der Waals surface area contributed by atoms with E-state index >= 15 is 0 Å². The second-order valence-electron chi connectivity index (χ2n) is 3.67. The lowest BCUT2D eigenvalue weighted by Crippen LogP contribution is -2.19. The molecule has 0 aromatic carbocycles. The number of carboxylic acid groups (broad SMARTS) is 2. The molecule has 0 amide bonds. The molecule has 0 aliphatic heterocycles. The molecule has 0 aliphatic carbocycles. The quantitative estimate of drug-likeness (QED) is 0.560. The van der Waals surface area contributed by atoms with E-state index in [2.05, 4.69) is 0 Å². The Hall–Kier alpha value is -0.870. The normalized spacial score (nSPS) is 16.4. The smallest absolute Gasteiger partial charge is 0.307 e. The van der Waals surface area contributed by atoms with E-state index in [1.165, 1.54) is 6.92 Å². The van der Waals surface area contributed by atoms with Gasteiger partial charge in [-0.15, -0.1) is 0 Å². The SMILES string of the molecule is CCP(=O)(O)CC(CCCC(=O)O)C(=O)O. The van der Waals surface area contributed by atoms with Gasteiger partial charge in [-0.25, -0.2) is 0 Å². The fourth-order valence-electron chi connectivity index (χ4n) is 1.27. The van der Waals surface area contributed by atoms with Gasteiger partial charge in [0.25, 0.3) is 0 Å². The maximum Gasteiger partial charge on any atom is 0.307 e. The van der Waals surface area contributed by atoms with Crippen molar-refractivity contribution in [1.29, 1.82) is 0 Å². The van der Waals surface area contributed by atoms with Gasteiger partial charge >= 0.3 is 11.9 Å². The highest BCUT2D eigenvalue weighted by atomic mass is 31.2. The third-order valence-electron chi connectivity index (χ3n) is 2.29. The predicted octanol–water partition coefficient (Wildman–Crippen LogP) is 1.23. The van der Waals surface area contributed by atoms with Crippen LogP contribution in [0.5, 0.6) is 0 Å². The van der Waals surface area contributed by atoms with Crippen LogP contribution in [0.3, 0.4) is 0 Å². The summed E-state index contributed by atoms with van der Waals surface area (Å²) in [6.07, 6.45) is -0.0397. The van der Waals surface area contributed by atoms with Crippen molar-refractivity contribution in [3.63, 3.8) is 0 Å². The fraction of sp³-hybridized carbons (Fsp3) is 0.778. The summed E-state index contributed by atoms with van der Waals surface area (Å²) in [6, 6.07) is 0. The summed E-state index contributed by atoms with van der Waals surface area (Å²) < 4.78 is 11.4. The van der Waals surface area contributed by atoms with Crippen molar-refractivity contribution in [1.82, 2.24) is 0 Å².